The summed E-state index contributed by atoms with van der Waals surface area (Å²) in [4.78, 5) is 26.3. The normalized spacial score (nSPS) is 15.6. The summed E-state index contributed by atoms with van der Waals surface area (Å²) in [7, 11) is 3.23. The molecule has 0 radical (unpaired) electrons. The van der Waals surface area contributed by atoms with E-state index in [4.69, 9.17) is 4.74 Å². The zero-order valence-corrected chi connectivity index (χ0v) is 18.7. The van der Waals surface area contributed by atoms with Crippen molar-refractivity contribution in [2.45, 2.75) is 32.1 Å². The van der Waals surface area contributed by atoms with Gasteiger partial charge in [-0.2, -0.15) is 5.10 Å². The van der Waals surface area contributed by atoms with E-state index < -0.39 is 5.97 Å². The van der Waals surface area contributed by atoms with E-state index in [2.05, 4.69) is 34.7 Å². The van der Waals surface area contributed by atoms with Crippen molar-refractivity contribution in [3.05, 3.63) is 75.4 Å². The van der Waals surface area contributed by atoms with Crippen LogP contribution in [0.25, 0.3) is 6.08 Å². The van der Waals surface area contributed by atoms with E-state index in [1.807, 2.05) is 20.0 Å². The summed E-state index contributed by atoms with van der Waals surface area (Å²) in [5.74, 6) is -0.278. The fraction of sp³-hybridized carbons (Fsp3) is 0.292. The van der Waals surface area contributed by atoms with Gasteiger partial charge in [0.15, 0.2) is 0 Å². The molecule has 1 aliphatic carbocycles. The van der Waals surface area contributed by atoms with Gasteiger partial charge in [-0.15, -0.1) is 11.3 Å². The Balaban J connectivity index is 1.58. The Hall–Kier alpha value is -3.19. The molecule has 2 heterocycles. The average Bonchev–Trinajstić information content (AvgIpc) is 3.31. The maximum absolute atomic E-state index is 12.6. The van der Waals surface area contributed by atoms with E-state index in [1.165, 1.54) is 30.1 Å². The first kappa shape index (κ1) is 21.1. The number of ether oxygens (including phenoxy) is 1. The minimum absolute atomic E-state index is 0.286. The van der Waals surface area contributed by atoms with E-state index in [0.717, 1.165) is 41.0 Å². The summed E-state index contributed by atoms with van der Waals surface area (Å²) in [6, 6.07) is 10.4. The second kappa shape index (κ2) is 8.89. The number of amides is 1. The van der Waals surface area contributed by atoms with Crippen LogP contribution in [0.4, 0.5) is 5.00 Å². The van der Waals surface area contributed by atoms with Crippen LogP contribution >= 0.6 is 11.3 Å². The Morgan fingerprint density at radius 2 is 2.06 bits per heavy atom. The lowest BCUT2D eigenvalue weighted by Gasteiger charge is -2.22. The number of hydrogen-bond donors (Lipinski definition) is 1. The fourth-order valence-corrected chi connectivity index (χ4v) is 5.32. The molecule has 31 heavy (non-hydrogen) atoms. The molecule has 1 amide bonds. The van der Waals surface area contributed by atoms with Gasteiger partial charge in [0.1, 0.15) is 5.00 Å². The molecule has 0 fully saturated rings. The molecule has 1 aromatic carbocycles. The lowest BCUT2D eigenvalue weighted by Crippen LogP contribution is -2.15. The van der Waals surface area contributed by atoms with Crippen molar-refractivity contribution in [3.8, 4) is 0 Å². The van der Waals surface area contributed by atoms with Crippen LogP contribution < -0.4 is 5.32 Å². The van der Waals surface area contributed by atoms with Crippen molar-refractivity contribution in [2.75, 3.05) is 12.4 Å². The number of carbonyl (C=O) groups excluding carboxylic acids is 2. The van der Waals surface area contributed by atoms with Gasteiger partial charge in [0, 0.05) is 29.3 Å². The number of anilines is 1. The zero-order valence-electron chi connectivity index (χ0n) is 17.8. The minimum Gasteiger partial charge on any atom is -0.465 e. The molecular formula is C24H25N3O3S. The molecule has 3 aromatic rings. The Morgan fingerprint density at radius 3 is 2.74 bits per heavy atom. The largest absolute Gasteiger partial charge is 0.465 e. The van der Waals surface area contributed by atoms with Crippen molar-refractivity contribution in [1.82, 2.24) is 9.78 Å². The molecule has 0 aliphatic heterocycles. The first-order valence-electron chi connectivity index (χ1n) is 10.2. The zero-order chi connectivity index (χ0) is 22.0. The fourth-order valence-electron chi connectivity index (χ4n) is 4.00. The van der Waals surface area contributed by atoms with Gasteiger partial charge in [-0.25, -0.2) is 4.79 Å². The lowest BCUT2D eigenvalue weighted by atomic mass is 9.83. The smallest absolute Gasteiger partial charge is 0.341 e. The molecule has 0 saturated carbocycles. The summed E-state index contributed by atoms with van der Waals surface area (Å²) < 4.78 is 6.78. The standard InChI is InChI=1S/C24H25N3O3S/c1-15-18(14-25-27(15)2)10-12-21(28)26-23-22(24(29)30-3)19-11-9-17(13-20(19)31-23)16-7-5-4-6-8-16/h4-8,10,12,14,17H,9,11,13H2,1-3H3,(H,26,28)/b12-10+/t17-/m0/s1. The third kappa shape index (κ3) is 4.32. The van der Waals surface area contributed by atoms with Crippen molar-refractivity contribution >= 4 is 34.3 Å². The van der Waals surface area contributed by atoms with Crippen LogP contribution in [-0.2, 0) is 29.4 Å². The minimum atomic E-state index is -0.405. The number of rotatable bonds is 5. The maximum Gasteiger partial charge on any atom is 0.341 e. The van der Waals surface area contributed by atoms with Gasteiger partial charge >= 0.3 is 5.97 Å². The lowest BCUT2D eigenvalue weighted by molar-refractivity contribution is -0.111. The predicted octanol–water partition coefficient (Wildman–Crippen LogP) is 4.50. The number of hydrogen-bond acceptors (Lipinski definition) is 5. The van der Waals surface area contributed by atoms with E-state index >= 15 is 0 Å². The van der Waals surface area contributed by atoms with Crippen molar-refractivity contribution in [2.24, 2.45) is 7.05 Å². The van der Waals surface area contributed by atoms with Crippen molar-refractivity contribution < 1.29 is 14.3 Å². The molecule has 4 rings (SSSR count). The van der Waals surface area contributed by atoms with E-state index in [-0.39, 0.29) is 5.91 Å². The van der Waals surface area contributed by atoms with E-state index in [9.17, 15) is 9.59 Å². The molecule has 7 heteroatoms. The number of esters is 1. The quantitative estimate of drug-likeness (QED) is 0.473. The van der Waals surface area contributed by atoms with E-state index in [1.54, 1.807) is 17.0 Å². The van der Waals surface area contributed by atoms with Crippen LogP contribution in [-0.4, -0.2) is 28.8 Å². The Labute approximate surface area is 185 Å². The van der Waals surface area contributed by atoms with Crippen molar-refractivity contribution in [3.63, 3.8) is 0 Å². The average molecular weight is 436 g/mol. The third-order valence-corrected chi connectivity index (χ3v) is 7.02. The maximum atomic E-state index is 12.6. The Kier molecular flexibility index (Phi) is 6.04. The van der Waals surface area contributed by atoms with Crippen LogP contribution in [0.2, 0.25) is 0 Å². The van der Waals surface area contributed by atoms with Crippen LogP contribution in [0.15, 0.2) is 42.6 Å². The summed E-state index contributed by atoms with van der Waals surface area (Å²) in [5.41, 5.74) is 4.65. The van der Waals surface area contributed by atoms with E-state index in [0.29, 0.717) is 16.5 Å². The van der Waals surface area contributed by atoms with Gasteiger partial charge in [-0.1, -0.05) is 30.3 Å². The highest BCUT2D eigenvalue weighted by Gasteiger charge is 2.30. The monoisotopic (exact) mass is 435 g/mol. The number of thiophene rings is 1. The van der Waals surface area contributed by atoms with Crippen molar-refractivity contribution in [1.29, 1.82) is 0 Å². The van der Waals surface area contributed by atoms with Gasteiger partial charge < -0.3 is 10.1 Å². The molecule has 6 nitrogen and oxygen atoms in total. The first-order chi connectivity index (χ1) is 15.0. The predicted molar refractivity (Wildman–Crippen MR) is 122 cm³/mol. The molecule has 2 aromatic heterocycles. The summed E-state index contributed by atoms with van der Waals surface area (Å²) in [6.07, 6.45) is 7.52. The summed E-state index contributed by atoms with van der Waals surface area (Å²) >= 11 is 1.48. The number of aromatic nitrogens is 2. The number of aryl methyl sites for hydroxylation is 1. The number of fused-ring (bicyclic) bond motifs is 1. The van der Waals surface area contributed by atoms with Crippen LogP contribution in [0.5, 0.6) is 0 Å². The molecule has 0 bridgehead atoms. The Morgan fingerprint density at radius 1 is 1.29 bits per heavy atom. The van der Waals surface area contributed by atoms with Gasteiger partial charge in [-0.3, -0.25) is 9.48 Å². The topological polar surface area (TPSA) is 73.2 Å². The molecular weight excluding hydrogens is 410 g/mol. The number of nitrogens with zero attached hydrogens (tertiary/aromatic N) is 2. The van der Waals surface area contributed by atoms with Gasteiger partial charge in [0.05, 0.1) is 18.9 Å². The Bertz CT molecular complexity index is 1140. The SMILES string of the molecule is COC(=O)c1c(NC(=O)/C=C/c2cnn(C)c2C)sc2c1CC[C@H](c1ccccc1)C2. The highest BCUT2D eigenvalue weighted by molar-refractivity contribution is 7.17. The first-order valence-corrected chi connectivity index (χ1v) is 11.0. The number of carbonyl (C=O) groups is 2. The van der Waals surface area contributed by atoms with Crippen LogP contribution in [0, 0.1) is 6.92 Å². The molecule has 160 valence electrons. The molecule has 1 aliphatic rings. The second-order valence-electron chi connectivity index (χ2n) is 7.68. The summed E-state index contributed by atoms with van der Waals surface area (Å²) in [6.45, 7) is 1.94. The number of methoxy groups -OCH3 is 1. The molecule has 1 atom stereocenters. The molecule has 1 N–H and O–H groups in total. The molecule has 0 unspecified atom stereocenters. The molecule has 0 spiro atoms. The van der Waals surface area contributed by atoms with Crippen LogP contribution in [0.3, 0.4) is 0 Å². The molecule has 0 saturated heterocycles. The second-order valence-corrected chi connectivity index (χ2v) is 8.79. The summed E-state index contributed by atoms with van der Waals surface area (Å²) in [5, 5.41) is 7.63. The third-order valence-electron chi connectivity index (χ3n) is 5.85. The van der Waals surface area contributed by atoms with Gasteiger partial charge in [0.2, 0.25) is 5.91 Å². The van der Waals surface area contributed by atoms with Gasteiger partial charge in [-0.05, 0) is 49.3 Å². The van der Waals surface area contributed by atoms with Gasteiger partial charge in [0.25, 0.3) is 0 Å². The highest BCUT2D eigenvalue weighted by atomic mass is 32.1. The highest BCUT2D eigenvalue weighted by Crippen LogP contribution is 2.42. The number of benzene rings is 1. The number of nitrogens with one attached hydrogen (secondary N) is 1. The van der Waals surface area contributed by atoms with Crippen LogP contribution in [0.1, 0.15) is 50.0 Å².